The summed E-state index contributed by atoms with van der Waals surface area (Å²) in [4.78, 5) is 11.2. The second kappa shape index (κ2) is 7.18. The Kier molecular flexibility index (Phi) is 4.81. The highest BCUT2D eigenvalue weighted by Gasteiger charge is 2.20. The maximum atomic E-state index is 11.2. The van der Waals surface area contributed by atoms with Crippen LogP contribution in [-0.4, -0.2) is 19.6 Å². The van der Waals surface area contributed by atoms with Gasteiger partial charge in [-0.2, -0.15) is 0 Å². The van der Waals surface area contributed by atoms with Gasteiger partial charge in [0.25, 0.3) is 0 Å². The maximum absolute atomic E-state index is 11.2. The first kappa shape index (κ1) is 15.4. The smallest absolute Gasteiger partial charge is 0.305 e. The van der Waals surface area contributed by atoms with Crippen LogP contribution in [0.3, 0.4) is 0 Å². The number of carbonyl (C=O) groups is 1. The zero-order valence-electron chi connectivity index (χ0n) is 13.2. The summed E-state index contributed by atoms with van der Waals surface area (Å²) < 4.78 is 10.8. The molecule has 0 bridgehead atoms. The van der Waals surface area contributed by atoms with E-state index in [9.17, 15) is 4.79 Å². The average Bonchev–Trinajstić information content (AvgIpc) is 2.61. The Balaban J connectivity index is 1.63. The van der Waals surface area contributed by atoms with Crippen LogP contribution in [0.5, 0.6) is 5.75 Å². The number of methoxy groups -OCH3 is 1. The predicted octanol–water partition coefficient (Wildman–Crippen LogP) is 3.73. The highest BCUT2D eigenvalue weighted by atomic mass is 16.5. The third kappa shape index (κ3) is 3.83. The Hall–Kier alpha value is -2.49. The standard InChI is InChI=1S/C19H21NO3/c1-22-19(21)9-5-6-14-10-11-17-16(12-14)20-13-18(23-17)15-7-3-2-4-8-15/h2-4,7-8,10-12,18,20H,5-6,9,13H2,1H3. The number of anilines is 1. The van der Waals surface area contributed by atoms with Crippen LogP contribution < -0.4 is 10.1 Å². The number of rotatable bonds is 5. The van der Waals surface area contributed by atoms with Crippen LogP contribution in [0.25, 0.3) is 0 Å². The summed E-state index contributed by atoms with van der Waals surface area (Å²) in [5.41, 5.74) is 3.39. The quantitative estimate of drug-likeness (QED) is 0.855. The Labute approximate surface area is 136 Å². The van der Waals surface area contributed by atoms with Crippen molar-refractivity contribution in [2.45, 2.75) is 25.4 Å². The zero-order chi connectivity index (χ0) is 16.1. The van der Waals surface area contributed by atoms with Gasteiger partial charge in [-0.3, -0.25) is 4.79 Å². The normalized spacial score (nSPS) is 16.0. The molecule has 2 aromatic rings. The van der Waals surface area contributed by atoms with E-state index >= 15 is 0 Å². The van der Waals surface area contributed by atoms with Crippen LogP contribution in [0, 0.1) is 0 Å². The van der Waals surface area contributed by atoms with Gasteiger partial charge >= 0.3 is 5.97 Å². The molecule has 1 unspecified atom stereocenters. The van der Waals surface area contributed by atoms with E-state index in [1.807, 2.05) is 24.3 Å². The molecule has 0 amide bonds. The molecule has 0 fully saturated rings. The first-order chi connectivity index (χ1) is 11.3. The summed E-state index contributed by atoms with van der Waals surface area (Å²) in [5, 5.41) is 3.45. The van der Waals surface area contributed by atoms with Crippen LogP contribution in [0.1, 0.15) is 30.1 Å². The van der Waals surface area contributed by atoms with Crippen molar-refractivity contribution in [3.8, 4) is 5.75 Å². The molecule has 4 heteroatoms. The number of hydrogen-bond acceptors (Lipinski definition) is 4. The molecular formula is C19H21NO3. The first-order valence-corrected chi connectivity index (χ1v) is 7.91. The Bertz CT molecular complexity index is 670. The number of carbonyl (C=O) groups excluding carboxylic acids is 1. The molecule has 1 atom stereocenters. The SMILES string of the molecule is COC(=O)CCCc1ccc2c(c1)NCC(c1ccccc1)O2. The van der Waals surface area contributed by atoms with Gasteiger partial charge in [0.05, 0.1) is 19.3 Å². The minimum Gasteiger partial charge on any atom is -0.482 e. The number of hydrogen-bond donors (Lipinski definition) is 1. The molecule has 1 N–H and O–H groups in total. The molecule has 0 saturated heterocycles. The fourth-order valence-electron chi connectivity index (χ4n) is 2.76. The summed E-state index contributed by atoms with van der Waals surface area (Å²) in [5.74, 6) is 0.719. The van der Waals surface area contributed by atoms with E-state index < -0.39 is 0 Å². The fourth-order valence-corrected chi connectivity index (χ4v) is 2.76. The highest BCUT2D eigenvalue weighted by molar-refractivity contribution is 5.69. The number of aryl methyl sites for hydroxylation is 1. The molecule has 120 valence electrons. The monoisotopic (exact) mass is 311 g/mol. The van der Waals surface area contributed by atoms with Crippen molar-refractivity contribution >= 4 is 11.7 Å². The Morgan fingerprint density at radius 2 is 2.09 bits per heavy atom. The van der Waals surface area contributed by atoms with Crippen molar-refractivity contribution in [1.82, 2.24) is 0 Å². The number of benzene rings is 2. The lowest BCUT2D eigenvalue weighted by Crippen LogP contribution is -2.23. The van der Waals surface area contributed by atoms with Gasteiger partial charge in [-0.15, -0.1) is 0 Å². The van der Waals surface area contributed by atoms with Crippen LogP contribution in [0.2, 0.25) is 0 Å². The molecule has 2 aromatic carbocycles. The molecule has 0 spiro atoms. The second-order valence-electron chi connectivity index (χ2n) is 5.66. The summed E-state index contributed by atoms with van der Waals surface area (Å²) in [6.07, 6.45) is 2.13. The predicted molar refractivity (Wildman–Crippen MR) is 89.7 cm³/mol. The third-order valence-corrected chi connectivity index (χ3v) is 4.04. The maximum Gasteiger partial charge on any atom is 0.305 e. The first-order valence-electron chi connectivity index (χ1n) is 7.91. The summed E-state index contributed by atoms with van der Waals surface area (Å²) >= 11 is 0. The minimum absolute atomic E-state index is 0.0360. The molecule has 1 aliphatic rings. The average molecular weight is 311 g/mol. The van der Waals surface area contributed by atoms with Gasteiger partial charge < -0.3 is 14.8 Å². The van der Waals surface area contributed by atoms with Crippen molar-refractivity contribution in [1.29, 1.82) is 0 Å². The molecular weight excluding hydrogens is 290 g/mol. The van der Waals surface area contributed by atoms with Gasteiger partial charge in [0.2, 0.25) is 0 Å². The minimum atomic E-state index is -0.157. The Morgan fingerprint density at radius 1 is 1.26 bits per heavy atom. The van der Waals surface area contributed by atoms with Crippen LogP contribution >= 0.6 is 0 Å². The van der Waals surface area contributed by atoms with E-state index in [0.717, 1.165) is 30.8 Å². The van der Waals surface area contributed by atoms with E-state index in [2.05, 4.69) is 34.3 Å². The van der Waals surface area contributed by atoms with Crippen molar-refractivity contribution in [3.63, 3.8) is 0 Å². The molecule has 4 nitrogen and oxygen atoms in total. The van der Waals surface area contributed by atoms with E-state index in [1.54, 1.807) is 0 Å². The van der Waals surface area contributed by atoms with E-state index in [1.165, 1.54) is 18.2 Å². The van der Waals surface area contributed by atoms with Crippen molar-refractivity contribution in [2.75, 3.05) is 19.0 Å². The molecule has 0 saturated carbocycles. The lowest BCUT2D eigenvalue weighted by molar-refractivity contribution is -0.140. The van der Waals surface area contributed by atoms with E-state index in [0.29, 0.717) is 6.42 Å². The van der Waals surface area contributed by atoms with Gasteiger partial charge in [0, 0.05) is 6.42 Å². The van der Waals surface area contributed by atoms with Crippen molar-refractivity contribution in [2.24, 2.45) is 0 Å². The Morgan fingerprint density at radius 3 is 2.87 bits per heavy atom. The lowest BCUT2D eigenvalue weighted by atomic mass is 10.0. The lowest BCUT2D eigenvalue weighted by Gasteiger charge is -2.28. The van der Waals surface area contributed by atoms with Crippen molar-refractivity contribution in [3.05, 3.63) is 59.7 Å². The third-order valence-electron chi connectivity index (χ3n) is 4.04. The van der Waals surface area contributed by atoms with Crippen molar-refractivity contribution < 1.29 is 14.3 Å². The molecule has 1 aliphatic heterocycles. The van der Waals surface area contributed by atoms with Gasteiger partial charge in [-0.25, -0.2) is 0 Å². The molecule has 0 aliphatic carbocycles. The molecule has 3 rings (SSSR count). The highest BCUT2D eigenvalue weighted by Crippen LogP contribution is 2.35. The van der Waals surface area contributed by atoms with Crippen LogP contribution in [0.15, 0.2) is 48.5 Å². The van der Waals surface area contributed by atoms with Crippen LogP contribution in [-0.2, 0) is 16.0 Å². The summed E-state index contributed by atoms with van der Waals surface area (Å²) in [7, 11) is 1.42. The number of esters is 1. The van der Waals surface area contributed by atoms with Gasteiger partial charge in [0.15, 0.2) is 0 Å². The number of ether oxygens (including phenoxy) is 2. The van der Waals surface area contributed by atoms with Gasteiger partial charge in [0.1, 0.15) is 11.9 Å². The molecule has 0 radical (unpaired) electrons. The van der Waals surface area contributed by atoms with E-state index in [-0.39, 0.29) is 12.1 Å². The van der Waals surface area contributed by atoms with Crippen LogP contribution in [0.4, 0.5) is 5.69 Å². The zero-order valence-corrected chi connectivity index (χ0v) is 13.2. The summed E-state index contributed by atoms with van der Waals surface area (Å²) in [6, 6.07) is 16.4. The van der Waals surface area contributed by atoms with Gasteiger partial charge in [-0.1, -0.05) is 36.4 Å². The van der Waals surface area contributed by atoms with E-state index in [4.69, 9.17) is 4.74 Å². The summed E-state index contributed by atoms with van der Waals surface area (Å²) in [6.45, 7) is 0.753. The molecule has 1 heterocycles. The molecule has 23 heavy (non-hydrogen) atoms. The largest absolute Gasteiger partial charge is 0.482 e. The fraction of sp³-hybridized carbons (Fsp3) is 0.316. The topological polar surface area (TPSA) is 47.6 Å². The molecule has 0 aromatic heterocycles. The number of fused-ring (bicyclic) bond motifs is 1. The second-order valence-corrected chi connectivity index (χ2v) is 5.66. The number of nitrogens with one attached hydrogen (secondary N) is 1. The van der Waals surface area contributed by atoms with Gasteiger partial charge in [-0.05, 0) is 36.1 Å².